The lowest BCUT2D eigenvalue weighted by Crippen LogP contribution is -2.49. The number of benzene rings is 1. The van der Waals surface area contributed by atoms with E-state index in [9.17, 15) is 9.59 Å². The number of carbonyl (C=O) groups is 2. The quantitative estimate of drug-likeness (QED) is 0.669. The number of rotatable bonds is 7. The summed E-state index contributed by atoms with van der Waals surface area (Å²) in [5.41, 5.74) is 2.12. The molecule has 9 nitrogen and oxygen atoms in total. The van der Waals surface area contributed by atoms with Crippen LogP contribution in [0.4, 0.5) is 11.5 Å². The number of anilines is 2. The topological polar surface area (TPSA) is 87.2 Å². The minimum Gasteiger partial charge on any atom is -0.380 e. The molecule has 2 aliphatic heterocycles. The van der Waals surface area contributed by atoms with Gasteiger partial charge in [-0.25, -0.2) is 4.98 Å². The molecule has 3 heterocycles. The van der Waals surface area contributed by atoms with Crippen LogP contribution in [0.3, 0.4) is 0 Å². The summed E-state index contributed by atoms with van der Waals surface area (Å²) in [4.78, 5) is 35.9. The minimum absolute atomic E-state index is 0.0266. The van der Waals surface area contributed by atoms with Gasteiger partial charge >= 0.3 is 0 Å². The monoisotopic (exact) mass is 467 g/mol. The third-order valence-corrected chi connectivity index (χ3v) is 5.94. The maximum atomic E-state index is 13.1. The maximum Gasteiger partial charge on any atom is 0.253 e. The highest BCUT2D eigenvalue weighted by atomic mass is 16.7. The summed E-state index contributed by atoms with van der Waals surface area (Å²) in [5.74, 6) is 0.762. The molecule has 2 fully saturated rings. The lowest BCUT2D eigenvalue weighted by molar-refractivity contribution is -0.0543. The number of likely N-dealkylation sites (N-methyl/N-ethyl adjacent to an activating group) is 1. The van der Waals surface area contributed by atoms with Crippen molar-refractivity contribution in [3.05, 3.63) is 53.7 Å². The lowest BCUT2D eigenvalue weighted by Gasteiger charge is -2.36. The molecule has 2 aliphatic rings. The van der Waals surface area contributed by atoms with Crippen LogP contribution in [0.15, 0.2) is 42.6 Å². The summed E-state index contributed by atoms with van der Waals surface area (Å²) in [6.45, 7) is 8.32. The second-order valence-corrected chi connectivity index (χ2v) is 8.89. The van der Waals surface area contributed by atoms with Crippen molar-refractivity contribution in [3.8, 4) is 0 Å². The highest BCUT2D eigenvalue weighted by molar-refractivity contribution is 5.97. The zero-order chi connectivity index (χ0) is 24.1. The summed E-state index contributed by atoms with van der Waals surface area (Å²) in [7, 11) is 1.72. The van der Waals surface area contributed by atoms with Crippen LogP contribution in [-0.4, -0.2) is 91.9 Å². The molecule has 0 radical (unpaired) electrons. The summed E-state index contributed by atoms with van der Waals surface area (Å²) >= 11 is 0. The average molecular weight is 468 g/mol. The van der Waals surface area contributed by atoms with Crippen LogP contribution < -0.4 is 10.2 Å². The van der Waals surface area contributed by atoms with Crippen molar-refractivity contribution in [1.82, 2.24) is 14.8 Å². The number of aromatic nitrogens is 1. The molecule has 0 aliphatic carbocycles. The molecule has 9 heteroatoms. The van der Waals surface area contributed by atoms with Gasteiger partial charge in [0.1, 0.15) is 0 Å². The van der Waals surface area contributed by atoms with Crippen molar-refractivity contribution in [2.24, 2.45) is 0 Å². The number of hydrogen-bond donors (Lipinski definition) is 1. The van der Waals surface area contributed by atoms with E-state index in [0.717, 1.165) is 11.5 Å². The molecule has 0 spiro atoms. The third kappa shape index (κ3) is 5.66. The van der Waals surface area contributed by atoms with Gasteiger partial charge in [-0.2, -0.15) is 0 Å². The van der Waals surface area contributed by atoms with Gasteiger partial charge in [0.2, 0.25) is 0 Å². The van der Waals surface area contributed by atoms with Crippen LogP contribution >= 0.6 is 0 Å². The molecular formula is C25H33N5O4. The highest BCUT2D eigenvalue weighted by Crippen LogP contribution is 2.25. The van der Waals surface area contributed by atoms with Crippen LogP contribution in [0.25, 0.3) is 0 Å². The molecule has 0 saturated carbocycles. The van der Waals surface area contributed by atoms with E-state index in [4.69, 9.17) is 9.47 Å². The molecule has 34 heavy (non-hydrogen) atoms. The number of carbonyl (C=O) groups excluding carboxylic acids is 2. The van der Waals surface area contributed by atoms with Crippen molar-refractivity contribution in [3.63, 3.8) is 0 Å². The molecule has 2 saturated heterocycles. The highest BCUT2D eigenvalue weighted by Gasteiger charge is 2.25. The summed E-state index contributed by atoms with van der Waals surface area (Å²) in [6, 6.07) is 11.1. The van der Waals surface area contributed by atoms with E-state index in [1.807, 2.05) is 17.0 Å². The van der Waals surface area contributed by atoms with E-state index < -0.39 is 0 Å². The van der Waals surface area contributed by atoms with E-state index >= 15 is 0 Å². The van der Waals surface area contributed by atoms with Crippen molar-refractivity contribution < 1.29 is 19.1 Å². The first-order chi connectivity index (χ1) is 16.4. The molecular weight excluding hydrogens is 434 g/mol. The SMILES string of the molecule is CC(C)Nc1cccnc1N1CCN(C(=O)c2ccc(C(=O)N(C)CC3OCCO3)cc2)CC1. The Kier molecular flexibility index (Phi) is 7.64. The number of piperazine rings is 1. The second kappa shape index (κ2) is 10.8. The molecule has 4 rings (SSSR count). The van der Waals surface area contributed by atoms with Gasteiger partial charge in [0.25, 0.3) is 11.8 Å². The van der Waals surface area contributed by atoms with E-state index in [0.29, 0.717) is 63.1 Å². The van der Waals surface area contributed by atoms with E-state index in [1.54, 1.807) is 42.4 Å². The normalized spacial score (nSPS) is 16.7. The Balaban J connectivity index is 1.33. The van der Waals surface area contributed by atoms with Gasteiger partial charge in [-0.3, -0.25) is 9.59 Å². The number of nitrogens with zero attached hydrogens (tertiary/aromatic N) is 4. The van der Waals surface area contributed by atoms with Gasteiger partial charge in [-0.05, 0) is 50.2 Å². The molecule has 182 valence electrons. The fourth-order valence-corrected chi connectivity index (χ4v) is 4.17. The van der Waals surface area contributed by atoms with Gasteiger partial charge in [-0.1, -0.05) is 0 Å². The molecule has 1 N–H and O–H groups in total. The van der Waals surface area contributed by atoms with Crippen LogP contribution in [0.2, 0.25) is 0 Å². The predicted octanol–water partition coefficient (Wildman–Crippen LogP) is 2.31. The molecule has 2 amide bonds. The predicted molar refractivity (Wildman–Crippen MR) is 130 cm³/mol. The first-order valence-electron chi connectivity index (χ1n) is 11.8. The van der Waals surface area contributed by atoms with Crippen LogP contribution in [0, 0.1) is 0 Å². The molecule has 1 aromatic heterocycles. The Morgan fingerprint density at radius 2 is 1.71 bits per heavy atom. The smallest absolute Gasteiger partial charge is 0.253 e. The lowest BCUT2D eigenvalue weighted by atomic mass is 10.1. The minimum atomic E-state index is -0.378. The number of ether oxygens (including phenoxy) is 2. The number of amides is 2. The van der Waals surface area contributed by atoms with Gasteiger partial charge in [0.05, 0.1) is 25.4 Å². The summed E-state index contributed by atoms with van der Waals surface area (Å²) < 4.78 is 10.8. The van der Waals surface area contributed by atoms with Crippen LogP contribution in [0.1, 0.15) is 34.6 Å². The zero-order valence-corrected chi connectivity index (χ0v) is 20.1. The van der Waals surface area contributed by atoms with Gasteiger partial charge in [0.15, 0.2) is 12.1 Å². The van der Waals surface area contributed by atoms with Crippen molar-refractivity contribution in [2.75, 3.05) is 63.2 Å². The largest absolute Gasteiger partial charge is 0.380 e. The van der Waals surface area contributed by atoms with Crippen LogP contribution in [0.5, 0.6) is 0 Å². The number of hydrogen-bond acceptors (Lipinski definition) is 7. The molecule has 2 aromatic rings. The van der Waals surface area contributed by atoms with Gasteiger partial charge in [0, 0.05) is 56.6 Å². The van der Waals surface area contributed by atoms with E-state index in [1.165, 1.54) is 0 Å². The summed E-state index contributed by atoms with van der Waals surface area (Å²) in [6.07, 6.45) is 1.42. The fraction of sp³-hybridized carbons (Fsp3) is 0.480. The number of pyridine rings is 1. The Morgan fingerprint density at radius 1 is 1.06 bits per heavy atom. The standard InChI is InChI=1S/C25H33N5O4/c1-18(2)27-21-5-4-10-26-23(21)29-11-13-30(14-12-29)25(32)20-8-6-19(7-9-20)24(31)28(3)17-22-33-15-16-34-22/h4-10,18,22,27H,11-17H2,1-3H3. The van der Waals surface area contributed by atoms with Gasteiger partial charge < -0.3 is 29.5 Å². The first-order valence-corrected chi connectivity index (χ1v) is 11.8. The second-order valence-electron chi connectivity index (χ2n) is 8.89. The molecule has 1 aromatic carbocycles. The van der Waals surface area contributed by atoms with Crippen molar-refractivity contribution in [1.29, 1.82) is 0 Å². The molecule has 0 bridgehead atoms. The van der Waals surface area contributed by atoms with Gasteiger partial charge in [-0.15, -0.1) is 0 Å². The van der Waals surface area contributed by atoms with Crippen molar-refractivity contribution in [2.45, 2.75) is 26.2 Å². The first kappa shape index (κ1) is 24.0. The van der Waals surface area contributed by atoms with E-state index in [-0.39, 0.29) is 18.1 Å². The Bertz CT molecular complexity index is 983. The van der Waals surface area contributed by atoms with Crippen LogP contribution in [-0.2, 0) is 9.47 Å². The number of nitrogens with one attached hydrogen (secondary N) is 1. The Hall–Kier alpha value is -3.17. The zero-order valence-electron chi connectivity index (χ0n) is 20.1. The van der Waals surface area contributed by atoms with Crippen molar-refractivity contribution >= 4 is 23.3 Å². The maximum absolute atomic E-state index is 13.1. The third-order valence-electron chi connectivity index (χ3n) is 5.94. The Labute approximate surface area is 200 Å². The fourth-order valence-electron chi connectivity index (χ4n) is 4.17. The molecule has 0 unspecified atom stereocenters. The van der Waals surface area contributed by atoms with E-state index in [2.05, 4.69) is 29.0 Å². The Morgan fingerprint density at radius 3 is 2.35 bits per heavy atom. The molecule has 0 atom stereocenters. The summed E-state index contributed by atoms with van der Waals surface area (Å²) in [5, 5.41) is 3.44. The average Bonchev–Trinajstić information content (AvgIpc) is 3.36.